The Kier molecular flexibility index (Phi) is 2.49. The minimum Gasteiger partial charge on any atom is -0.393 e. The molecule has 0 bridgehead atoms. The van der Waals surface area contributed by atoms with Crippen molar-refractivity contribution in [3.63, 3.8) is 0 Å². The van der Waals surface area contributed by atoms with Gasteiger partial charge in [-0.05, 0) is 32.2 Å². The highest BCUT2D eigenvalue weighted by atomic mass is 16.3. The van der Waals surface area contributed by atoms with Crippen LogP contribution in [0.15, 0.2) is 0 Å². The van der Waals surface area contributed by atoms with E-state index in [1.165, 1.54) is 12.8 Å². The summed E-state index contributed by atoms with van der Waals surface area (Å²) < 4.78 is 0. The number of piperidine rings is 1. The van der Waals surface area contributed by atoms with Crippen molar-refractivity contribution in [2.45, 2.75) is 25.9 Å². The van der Waals surface area contributed by atoms with Gasteiger partial charge in [0.1, 0.15) is 0 Å². The Labute approximate surface area is 56.3 Å². The van der Waals surface area contributed by atoms with Crippen LogP contribution in [0.2, 0.25) is 0 Å². The van der Waals surface area contributed by atoms with E-state index in [4.69, 9.17) is 5.11 Å². The number of hydrogen-bond acceptors (Lipinski definition) is 2. The fraction of sp³-hybridized carbons (Fsp3) is 1.00. The summed E-state index contributed by atoms with van der Waals surface area (Å²) >= 11 is 0. The smallest absolute Gasteiger partial charge is 0.0552 e. The molecule has 1 saturated heterocycles. The number of hydrogen-bond donors (Lipinski definition) is 2. The average Bonchev–Trinajstić information content (AvgIpc) is 1.90. The molecule has 2 atom stereocenters. The van der Waals surface area contributed by atoms with Crippen LogP contribution in [0, 0.1) is 5.92 Å². The quantitative estimate of drug-likeness (QED) is 0.536. The summed E-state index contributed by atoms with van der Waals surface area (Å²) in [7, 11) is 0. The first-order chi connectivity index (χ1) is 4.30. The molecule has 1 aliphatic heterocycles. The standard InChI is InChI=1S/C7H15NO/c1-6(9)7-3-2-4-8-5-7/h6-9H,2-5H2,1H3/t6?,7-/m1/s1. The maximum absolute atomic E-state index is 9.14. The van der Waals surface area contributed by atoms with Gasteiger partial charge in [0.2, 0.25) is 0 Å². The number of aliphatic hydroxyl groups excluding tert-OH is 1. The van der Waals surface area contributed by atoms with Gasteiger partial charge in [-0.1, -0.05) is 0 Å². The molecule has 0 amide bonds. The van der Waals surface area contributed by atoms with Crippen LogP contribution in [-0.4, -0.2) is 24.3 Å². The summed E-state index contributed by atoms with van der Waals surface area (Å²) in [5, 5.41) is 12.4. The summed E-state index contributed by atoms with van der Waals surface area (Å²) in [6.07, 6.45) is 2.28. The van der Waals surface area contributed by atoms with Gasteiger partial charge in [-0.25, -0.2) is 0 Å². The zero-order valence-electron chi connectivity index (χ0n) is 5.93. The van der Waals surface area contributed by atoms with Gasteiger partial charge in [-0.2, -0.15) is 0 Å². The van der Waals surface area contributed by atoms with Crippen LogP contribution in [0.25, 0.3) is 0 Å². The molecule has 0 aliphatic carbocycles. The summed E-state index contributed by atoms with van der Waals surface area (Å²) in [6, 6.07) is 0. The Morgan fingerprint density at radius 1 is 1.67 bits per heavy atom. The fourth-order valence-corrected chi connectivity index (χ4v) is 1.29. The first-order valence-corrected chi connectivity index (χ1v) is 3.69. The van der Waals surface area contributed by atoms with E-state index in [-0.39, 0.29) is 6.10 Å². The first kappa shape index (κ1) is 7.03. The maximum Gasteiger partial charge on any atom is 0.0552 e. The zero-order chi connectivity index (χ0) is 6.69. The third-order valence-electron chi connectivity index (χ3n) is 2.02. The molecule has 2 N–H and O–H groups in total. The van der Waals surface area contributed by atoms with Crippen molar-refractivity contribution >= 4 is 0 Å². The van der Waals surface area contributed by atoms with E-state index in [0.29, 0.717) is 5.92 Å². The first-order valence-electron chi connectivity index (χ1n) is 3.69. The van der Waals surface area contributed by atoms with Crippen LogP contribution in [0.5, 0.6) is 0 Å². The van der Waals surface area contributed by atoms with Crippen molar-refractivity contribution in [3.8, 4) is 0 Å². The van der Waals surface area contributed by atoms with Gasteiger partial charge in [0.25, 0.3) is 0 Å². The lowest BCUT2D eigenvalue weighted by Gasteiger charge is -2.24. The molecule has 0 spiro atoms. The van der Waals surface area contributed by atoms with Crippen LogP contribution in [0.1, 0.15) is 19.8 Å². The Hall–Kier alpha value is -0.0800. The highest BCUT2D eigenvalue weighted by Crippen LogP contribution is 2.13. The van der Waals surface area contributed by atoms with Gasteiger partial charge in [0.05, 0.1) is 6.10 Å². The van der Waals surface area contributed by atoms with Crippen LogP contribution in [-0.2, 0) is 0 Å². The van der Waals surface area contributed by atoms with E-state index < -0.39 is 0 Å². The molecular weight excluding hydrogens is 114 g/mol. The zero-order valence-corrected chi connectivity index (χ0v) is 5.93. The molecule has 1 heterocycles. The van der Waals surface area contributed by atoms with Crippen molar-refractivity contribution in [2.24, 2.45) is 5.92 Å². The lowest BCUT2D eigenvalue weighted by molar-refractivity contribution is 0.109. The Morgan fingerprint density at radius 3 is 2.78 bits per heavy atom. The van der Waals surface area contributed by atoms with Crippen molar-refractivity contribution in [1.82, 2.24) is 5.32 Å². The van der Waals surface area contributed by atoms with Crippen molar-refractivity contribution < 1.29 is 5.11 Å². The molecule has 0 aromatic carbocycles. The van der Waals surface area contributed by atoms with Gasteiger partial charge >= 0.3 is 0 Å². The number of rotatable bonds is 1. The monoisotopic (exact) mass is 129 g/mol. The minimum atomic E-state index is -0.127. The summed E-state index contributed by atoms with van der Waals surface area (Å²) in [5.74, 6) is 0.499. The SMILES string of the molecule is CC(O)[C@@H]1CCCNC1. The van der Waals surface area contributed by atoms with Crippen molar-refractivity contribution in [3.05, 3.63) is 0 Å². The van der Waals surface area contributed by atoms with Gasteiger partial charge < -0.3 is 10.4 Å². The molecular formula is C7H15NO. The predicted octanol–water partition coefficient (Wildman–Crippen LogP) is 0.367. The third kappa shape index (κ3) is 1.95. The van der Waals surface area contributed by atoms with Gasteiger partial charge in [0, 0.05) is 6.54 Å². The maximum atomic E-state index is 9.14. The highest BCUT2D eigenvalue weighted by molar-refractivity contribution is 4.72. The topological polar surface area (TPSA) is 32.3 Å². The average molecular weight is 129 g/mol. The predicted molar refractivity (Wildman–Crippen MR) is 37.3 cm³/mol. The molecule has 0 aromatic rings. The summed E-state index contributed by atoms with van der Waals surface area (Å²) in [4.78, 5) is 0. The second-order valence-electron chi connectivity index (χ2n) is 2.85. The molecule has 9 heavy (non-hydrogen) atoms. The van der Waals surface area contributed by atoms with Gasteiger partial charge in [0.15, 0.2) is 0 Å². The third-order valence-corrected chi connectivity index (χ3v) is 2.02. The van der Waals surface area contributed by atoms with Crippen LogP contribution < -0.4 is 5.32 Å². The molecule has 1 unspecified atom stereocenters. The van der Waals surface area contributed by atoms with E-state index in [1.807, 2.05) is 6.92 Å². The number of aliphatic hydroxyl groups is 1. The van der Waals surface area contributed by atoms with Crippen LogP contribution in [0.4, 0.5) is 0 Å². The summed E-state index contributed by atoms with van der Waals surface area (Å²) in [5.41, 5.74) is 0. The van der Waals surface area contributed by atoms with Gasteiger partial charge in [-0.3, -0.25) is 0 Å². The second-order valence-corrected chi connectivity index (χ2v) is 2.85. The molecule has 0 radical (unpaired) electrons. The Bertz CT molecular complexity index is 77.0. The van der Waals surface area contributed by atoms with Crippen molar-refractivity contribution in [1.29, 1.82) is 0 Å². The summed E-state index contributed by atoms with van der Waals surface area (Å²) in [6.45, 7) is 4.00. The normalized spacial score (nSPS) is 32.0. The number of nitrogens with one attached hydrogen (secondary N) is 1. The second kappa shape index (κ2) is 3.18. The minimum absolute atomic E-state index is 0.127. The molecule has 0 aromatic heterocycles. The molecule has 1 aliphatic rings. The van der Waals surface area contributed by atoms with E-state index in [0.717, 1.165) is 13.1 Å². The largest absolute Gasteiger partial charge is 0.393 e. The molecule has 54 valence electrons. The molecule has 1 fully saturated rings. The lowest BCUT2D eigenvalue weighted by atomic mass is 9.95. The van der Waals surface area contributed by atoms with E-state index >= 15 is 0 Å². The van der Waals surface area contributed by atoms with E-state index in [1.54, 1.807) is 0 Å². The van der Waals surface area contributed by atoms with E-state index in [9.17, 15) is 0 Å². The fourth-order valence-electron chi connectivity index (χ4n) is 1.29. The van der Waals surface area contributed by atoms with Crippen LogP contribution in [0.3, 0.4) is 0 Å². The van der Waals surface area contributed by atoms with Gasteiger partial charge in [-0.15, -0.1) is 0 Å². The molecule has 2 nitrogen and oxygen atoms in total. The molecule has 0 saturated carbocycles. The van der Waals surface area contributed by atoms with Crippen LogP contribution >= 0.6 is 0 Å². The highest BCUT2D eigenvalue weighted by Gasteiger charge is 2.16. The van der Waals surface area contributed by atoms with Crippen molar-refractivity contribution in [2.75, 3.05) is 13.1 Å². The molecule has 1 rings (SSSR count). The molecule has 2 heteroatoms. The Balaban J connectivity index is 2.23. The van der Waals surface area contributed by atoms with E-state index in [2.05, 4.69) is 5.32 Å². The Morgan fingerprint density at radius 2 is 2.44 bits per heavy atom. The lowest BCUT2D eigenvalue weighted by Crippen LogP contribution is -2.35.